The van der Waals surface area contributed by atoms with Crippen LogP contribution >= 0.6 is 0 Å². The summed E-state index contributed by atoms with van der Waals surface area (Å²) in [7, 11) is 0. The molecule has 0 radical (unpaired) electrons. The van der Waals surface area contributed by atoms with Crippen molar-refractivity contribution in [1.82, 2.24) is 10.2 Å². The van der Waals surface area contributed by atoms with Crippen LogP contribution in [0.5, 0.6) is 5.75 Å². The van der Waals surface area contributed by atoms with E-state index in [4.69, 9.17) is 4.74 Å². The number of benzene rings is 1. The van der Waals surface area contributed by atoms with Crippen molar-refractivity contribution in [2.75, 3.05) is 26.2 Å². The first-order valence-electron chi connectivity index (χ1n) is 5.98. The summed E-state index contributed by atoms with van der Waals surface area (Å²) in [6.07, 6.45) is 1.01. The third kappa shape index (κ3) is 3.37. The number of carbonyl (C=O) groups excluding carboxylic acids is 1. The van der Waals surface area contributed by atoms with Gasteiger partial charge in [0, 0.05) is 13.1 Å². The summed E-state index contributed by atoms with van der Waals surface area (Å²) in [4.78, 5) is 13.2. The van der Waals surface area contributed by atoms with Gasteiger partial charge < -0.3 is 15.0 Å². The maximum absolute atomic E-state index is 11.5. The molecule has 1 N–H and O–H groups in total. The topological polar surface area (TPSA) is 41.6 Å². The molecule has 1 saturated heterocycles. The Morgan fingerprint density at radius 3 is 3.12 bits per heavy atom. The van der Waals surface area contributed by atoms with Crippen LogP contribution in [0.1, 0.15) is 12.0 Å². The fraction of sp³-hybridized carbons (Fsp3) is 0.462. The fourth-order valence-corrected chi connectivity index (χ4v) is 1.87. The summed E-state index contributed by atoms with van der Waals surface area (Å²) in [5, 5.41) is 2.82. The molecular formula is C13H18N2O2. The first-order chi connectivity index (χ1) is 8.25. The zero-order valence-corrected chi connectivity index (χ0v) is 10.1. The second-order valence-corrected chi connectivity index (χ2v) is 4.24. The number of nitrogens with one attached hydrogen (secondary N) is 1. The van der Waals surface area contributed by atoms with Gasteiger partial charge >= 0.3 is 6.03 Å². The lowest BCUT2D eigenvalue weighted by Crippen LogP contribution is -2.47. The van der Waals surface area contributed by atoms with Crippen LogP contribution in [0.25, 0.3) is 0 Å². The van der Waals surface area contributed by atoms with Crippen LogP contribution in [0.15, 0.2) is 24.3 Å². The normalized spacial score (nSPS) is 15.6. The predicted octanol–water partition coefficient (Wildman–Crippen LogP) is 1.79. The molecule has 2 rings (SSSR count). The number of carbonyl (C=O) groups is 1. The van der Waals surface area contributed by atoms with Crippen molar-refractivity contribution in [3.63, 3.8) is 0 Å². The highest BCUT2D eigenvalue weighted by atomic mass is 16.5. The minimum absolute atomic E-state index is 0.0177. The van der Waals surface area contributed by atoms with Crippen molar-refractivity contribution in [2.24, 2.45) is 0 Å². The first-order valence-corrected chi connectivity index (χ1v) is 5.98. The van der Waals surface area contributed by atoms with Crippen LogP contribution in [-0.2, 0) is 0 Å². The summed E-state index contributed by atoms with van der Waals surface area (Å²) in [6, 6.07) is 7.95. The highest BCUT2D eigenvalue weighted by Crippen LogP contribution is 2.12. The van der Waals surface area contributed by atoms with Gasteiger partial charge in [0.25, 0.3) is 0 Å². The molecule has 92 valence electrons. The lowest BCUT2D eigenvalue weighted by molar-refractivity contribution is 0.171. The second-order valence-electron chi connectivity index (χ2n) is 4.24. The number of ether oxygens (including phenoxy) is 1. The minimum atomic E-state index is 0.0177. The highest BCUT2D eigenvalue weighted by Gasteiger charge is 2.16. The maximum atomic E-state index is 11.5. The zero-order chi connectivity index (χ0) is 12.1. The van der Waals surface area contributed by atoms with Gasteiger partial charge in [-0.25, -0.2) is 4.79 Å². The predicted molar refractivity (Wildman–Crippen MR) is 66.3 cm³/mol. The highest BCUT2D eigenvalue weighted by molar-refractivity contribution is 5.74. The molecule has 0 aromatic heterocycles. The average Bonchev–Trinajstić information content (AvgIpc) is 2.32. The molecule has 0 saturated carbocycles. The van der Waals surface area contributed by atoms with Gasteiger partial charge in [0.1, 0.15) is 12.4 Å². The van der Waals surface area contributed by atoms with Crippen LogP contribution in [-0.4, -0.2) is 37.2 Å². The van der Waals surface area contributed by atoms with Crippen LogP contribution in [0.4, 0.5) is 4.79 Å². The van der Waals surface area contributed by atoms with Crippen LogP contribution in [0.2, 0.25) is 0 Å². The van der Waals surface area contributed by atoms with E-state index in [1.54, 1.807) is 4.90 Å². The Bertz CT molecular complexity index is 393. The molecule has 2 amide bonds. The van der Waals surface area contributed by atoms with E-state index >= 15 is 0 Å². The Morgan fingerprint density at radius 1 is 1.47 bits per heavy atom. The monoisotopic (exact) mass is 234 g/mol. The van der Waals surface area contributed by atoms with Gasteiger partial charge in [-0.1, -0.05) is 12.1 Å². The molecule has 1 aromatic rings. The molecule has 1 aromatic carbocycles. The van der Waals surface area contributed by atoms with E-state index in [1.807, 2.05) is 31.2 Å². The molecule has 0 atom stereocenters. The smallest absolute Gasteiger partial charge is 0.317 e. The number of nitrogens with zero attached hydrogens (tertiary/aromatic N) is 1. The van der Waals surface area contributed by atoms with E-state index in [0.29, 0.717) is 13.2 Å². The molecule has 0 aliphatic carbocycles. The van der Waals surface area contributed by atoms with Gasteiger partial charge in [-0.15, -0.1) is 0 Å². The van der Waals surface area contributed by atoms with E-state index in [9.17, 15) is 4.79 Å². The summed E-state index contributed by atoms with van der Waals surface area (Å²) >= 11 is 0. The van der Waals surface area contributed by atoms with Crippen molar-refractivity contribution < 1.29 is 9.53 Å². The lowest BCUT2D eigenvalue weighted by Gasteiger charge is -2.27. The summed E-state index contributed by atoms with van der Waals surface area (Å²) < 4.78 is 5.62. The van der Waals surface area contributed by atoms with Crippen LogP contribution < -0.4 is 10.1 Å². The fourth-order valence-electron chi connectivity index (χ4n) is 1.87. The van der Waals surface area contributed by atoms with E-state index in [1.165, 1.54) is 5.56 Å². The minimum Gasteiger partial charge on any atom is -0.492 e. The Kier molecular flexibility index (Phi) is 3.85. The molecule has 1 aliphatic rings. The molecule has 17 heavy (non-hydrogen) atoms. The number of rotatable bonds is 4. The number of urea groups is 1. The van der Waals surface area contributed by atoms with Crippen molar-refractivity contribution in [2.45, 2.75) is 13.3 Å². The number of hydrogen-bond donors (Lipinski definition) is 1. The van der Waals surface area contributed by atoms with Crippen molar-refractivity contribution in [3.8, 4) is 5.75 Å². The van der Waals surface area contributed by atoms with Crippen molar-refractivity contribution >= 4 is 6.03 Å². The van der Waals surface area contributed by atoms with Crippen molar-refractivity contribution in [1.29, 1.82) is 0 Å². The van der Waals surface area contributed by atoms with Gasteiger partial charge in [0.2, 0.25) is 0 Å². The Morgan fingerprint density at radius 2 is 2.35 bits per heavy atom. The Hall–Kier alpha value is -1.71. The van der Waals surface area contributed by atoms with Crippen LogP contribution in [0.3, 0.4) is 0 Å². The van der Waals surface area contributed by atoms with Gasteiger partial charge in [-0.05, 0) is 31.0 Å². The third-order valence-corrected chi connectivity index (χ3v) is 2.79. The van der Waals surface area contributed by atoms with E-state index < -0.39 is 0 Å². The molecule has 0 unspecified atom stereocenters. The number of amides is 2. The largest absolute Gasteiger partial charge is 0.492 e. The van der Waals surface area contributed by atoms with Gasteiger partial charge in [-0.3, -0.25) is 0 Å². The Balaban J connectivity index is 1.77. The van der Waals surface area contributed by atoms with Gasteiger partial charge in [0.05, 0.1) is 6.54 Å². The molecule has 4 heteroatoms. The average molecular weight is 234 g/mol. The molecule has 0 spiro atoms. The molecule has 1 heterocycles. The van der Waals surface area contributed by atoms with E-state index in [0.717, 1.165) is 25.3 Å². The van der Waals surface area contributed by atoms with E-state index in [2.05, 4.69) is 5.32 Å². The molecule has 4 nitrogen and oxygen atoms in total. The molecule has 1 fully saturated rings. The molecule has 0 bridgehead atoms. The van der Waals surface area contributed by atoms with Crippen molar-refractivity contribution in [3.05, 3.63) is 29.8 Å². The number of hydrogen-bond acceptors (Lipinski definition) is 2. The summed E-state index contributed by atoms with van der Waals surface area (Å²) in [5.41, 5.74) is 1.18. The van der Waals surface area contributed by atoms with Gasteiger partial charge in [-0.2, -0.15) is 0 Å². The quantitative estimate of drug-likeness (QED) is 0.863. The maximum Gasteiger partial charge on any atom is 0.317 e. The zero-order valence-electron chi connectivity index (χ0n) is 10.1. The summed E-state index contributed by atoms with van der Waals surface area (Å²) in [6.45, 7) is 4.82. The SMILES string of the molecule is Cc1cccc(OCCN2CCCNC2=O)c1. The third-order valence-electron chi connectivity index (χ3n) is 2.79. The Labute approximate surface area is 102 Å². The second kappa shape index (κ2) is 5.57. The molecular weight excluding hydrogens is 216 g/mol. The van der Waals surface area contributed by atoms with Gasteiger partial charge in [0.15, 0.2) is 0 Å². The number of aryl methyl sites for hydroxylation is 1. The molecule has 1 aliphatic heterocycles. The van der Waals surface area contributed by atoms with Crippen LogP contribution in [0, 0.1) is 6.92 Å². The standard InChI is InChI=1S/C13H18N2O2/c1-11-4-2-5-12(10-11)17-9-8-15-7-3-6-14-13(15)16/h2,4-5,10H,3,6-9H2,1H3,(H,14,16). The first kappa shape index (κ1) is 11.8. The van der Waals surface area contributed by atoms with E-state index in [-0.39, 0.29) is 6.03 Å². The lowest BCUT2D eigenvalue weighted by atomic mass is 10.2. The summed E-state index contributed by atoms with van der Waals surface area (Å²) in [5.74, 6) is 0.863.